The monoisotopic (exact) mass is 244 g/mol. The fourth-order valence-corrected chi connectivity index (χ4v) is 1.60. The van der Waals surface area contributed by atoms with Gasteiger partial charge in [0.15, 0.2) is 0 Å². The minimum absolute atomic E-state index is 0.234. The third-order valence-electron chi connectivity index (χ3n) is 3.61. The maximum atomic E-state index is 5.36. The van der Waals surface area contributed by atoms with Crippen LogP contribution in [0, 0.1) is 11.8 Å². The molecule has 0 aromatic heterocycles. The molecular weight excluding hydrogens is 220 g/mol. The van der Waals surface area contributed by atoms with Gasteiger partial charge in [0.2, 0.25) is 0 Å². The Kier molecular flexibility index (Phi) is 5.40. The van der Waals surface area contributed by atoms with Gasteiger partial charge in [-0.1, -0.05) is 30.9 Å². The van der Waals surface area contributed by atoms with E-state index in [1.165, 1.54) is 5.56 Å². The molecule has 0 aliphatic rings. The Labute approximate surface area is 111 Å². The van der Waals surface area contributed by atoms with Crippen molar-refractivity contribution in [2.45, 2.75) is 39.3 Å². The molecule has 0 bridgehead atoms. The van der Waals surface area contributed by atoms with Crippen LogP contribution in [0.3, 0.4) is 0 Å². The highest BCUT2D eigenvalue weighted by atomic mass is 15.2. The second-order valence-corrected chi connectivity index (χ2v) is 5.22. The molecule has 0 saturated carbocycles. The minimum atomic E-state index is 0.234. The van der Waals surface area contributed by atoms with E-state index >= 15 is 0 Å². The van der Waals surface area contributed by atoms with E-state index in [1.54, 1.807) is 0 Å². The van der Waals surface area contributed by atoms with Gasteiger partial charge < -0.3 is 5.73 Å². The summed E-state index contributed by atoms with van der Waals surface area (Å²) in [7, 11) is 2.17. The smallest absolute Gasteiger partial charge is 0.0555 e. The van der Waals surface area contributed by atoms with Gasteiger partial charge in [-0.05, 0) is 45.0 Å². The molecule has 0 atom stereocenters. The number of nitrogens with zero attached hydrogens (tertiary/aromatic N) is 1. The van der Waals surface area contributed by atoms with Crippen LogP contribution in [0.5, 0.6) is 0 Å². The van der Waals surface area contributed by atoms with Crippen LogP contribution in [0.4, 0.5) is 0 Å². The van der Waals surface area contributed by atoms with Gasteiger partial charge in [-0.15, -0.1) is 0 Å². The number of nitrogens with two attached hydrogens (primary N) is 1. The molecule has 1 rings (SSSR count). The summed E-state index contributed by atoms with van der Waals surface area (Å²) in [6, 6.07) is 8.40. The van der Waals surface area contributed by atoms with E-state index in [0.717, 1.165) is 18.5 Å². The fraction of sp³-hybridized carbons (Fsp3) is 0.500. The summed E-state index contributed by atoms with van der Waals surface area (Å²) in [5.74, 6) is 5.90. The van der Waals surface area contributed by atoms with Crippen LogP contribution in [-0.2, 0) is 6.54 Å². The molecule has 0 spiro atoms. The maximum absolute atomic E-state index is 5.36. The second-order valence-electron chi connectivity index (χ2n) is 5.22. The summed E-state index contributed by atoms with van der Waals surface area (Å²) in [5, 5.41) is 0. The van der Waals surface area contributed by atoms with E-state index in [-0.39, 0.29) is 5.54 Å². The first-order chi connectivity index (χ1) is 8.49. The number of rotatable bonds is 4. The predicted molar refractivity (Wildman–Crippen MR) is 78.2 cm³/mol. The van der Waals surface area contributed by atoms with Crippen LogP contribution in [0.2, 0.25) is 0 Å². The van der Waals surface area contributed by atoms with Crippen molar-refractivity contribution in [2.24, 2.45) is 5.73 Å². The topological polar surface area (TPSA) is 29.3 Å². The third-order valence-corrected chi connectivity index (χ3v) is 3.61. The number of benzene rings is 1. The highest BCUT2D eigenvalue weighted by Gasteiger charge is 2.20. The molecule has 0 aliphatic heterocycles. The van der Waals surface area contributed by atoms with Crippen LogP contribution in [-0.4, -0.2) is 24.0 Å². The molecule has 0 heterocycles. The van der Waals surface area contributed by atoms with E-state index in [4.69, 9.17) is 5.73 Å². The minimum Gasteiger partial charge on any atom is -0.320 e. The lowest BCUT2D eigenvalue weighted by Crippen LogP contribution is -2.39. The van der Waals surface area contributed by atoms with Crippen LogP contribution in [0.15, 0.2) is 24.3 Å². The molecule has 0 saturated heterocycles. The van der Waals surface area contributed by atoms with E-state index in [0.29, 0.717) is 6.54 Å². The van der Waals surface area contributed by atoms with Crippen molar-refractivity contribution in [3.63, 3.8) is 0 Å². The van der Waals surface area contributed by atoms with Gasteiger partial charge in [-0.3, -0.25) is 4.90 Å². The predicted octanol–water partition coefficient (Wildman–Crippen LogP) is 2.62. The summed E-state index contributed by atoms with van der Waals surface area (Å²) in [4.78, 5) is 2.38. The van der Waals surface area contributed by atoms with Gasteiger partial charge in [0.05, 0.1) is 6.54 Å². The van der Waals surface area contributed by atoms with Gasteiger partial charge in [0, 0.05) is 17.6 Å². The van der Waals surface area contributed by atoms with E-state index < -0.39 is 0 Å². The van der Waals surface area contributed by atoms with E-state index in [2.05, 4.69) is 68.8 Å². The molecule has 0 fully saturated rings. The number of hydrogen-bond donors (Lipinski definition) is 1. The molecule has 1 aromatic carbocycles. The lowest BCUT2D eigenvalue weighted by Gasteiger charge is -2.34. The molecule has 2 heteroatoms. The first-order valence-electron chi connectivity index (χ1n) is 6.48. The lowest BCUT2D eigenvalue weighted by atomic mass is 9.99. The zero-order chi connectivity index (χ0) is 13.6. The van der Waals surface area contributed by atoms with Crippen molar-refractivity contribution in [3.05, 3.63) is 35.4 Å². The Morgan fingerprint density at radius 3 is 2.33 bits per heavy atom. The van der Waals surface area contributed by atoms with Crippen molar-refractivity contribution in [1.29, 1.82) is 0 Å². The first-order valence-corrected chi connectivity index (χ1v) is 6.48. The van der Waals surface area contributed by atoms with Crippen LogP contribution in [0.25, 0.3) is 0 Å². The Morgan fingerprint density at radius 2 is 1.83 bits per heavy atom. The van der Waals surface area contributed by atoms with Gasteiger partial charge in [-0.25, -0.2) is 0 Å². The highest BCUT2D eigenvalue weighted by molar-refractivity contribution is 5.36. The zero-order valence-electron chi connectivity index (χ0n) is 12.0. The molecule has 98 valence electrons. The van der Waals surface area contributed by atoms with Gasteiger partial charge in [0.25, 0.3) is 0 Å². The van der Waals surface area contributed by atoms with Crippen molar-refractivity contribution < 1.29 is 0 Å². The zero-order valence-corrected chi connectivity index (χ0v) is 12.0. The van der Waals surface area contributed by atoms with Crippen LogP contribution in [0.1, 0.15) is 38.3 Å². The van der Waals surface area contributed by atoms with Crippen molar-refractivity contribution >= 4 is 0 Å². The Hall–Kier alpha value is -1.30. The molecule has 0 unspecified atom stereocenters. The van der Waals surface area contributed by atoms with Crippen molar-refractivity contribution in [2.75, 3.05) is 13.6 Å². The number of hydrogen-bond acceptors (Lipinski definition) is 2. The summed E-state index contributed by atoms with van der Waals surface area (Å²) in [5.41, 5.74) is 7.94. The second kappa shape index (κ2) is 6.58. The molecule has 2 N–H and O–H groups in total. The third kappa shape index (κ3) is 4.18. The average molecular weight is 244 g/mol. The molecule has 0 radical (unpaired) electrons. The largest absolute Gasteiger partial charge is 0.320 e. The Morgan fingerprint density at radius 1 is 1.22 bits per heavy atom. The lowest BCUT2D eigenvalue weighted by molar-refractivity contribution is 0.143. The van der Waals surface area contributed by atoms with Crippen LogP contribution < -0.4 is 5.73 Å². The summed E-state index contributed by atoms with van der Waals surface area (Å²) in [6.45, 7) is 8.14. The summed E-state index contributed by atoms with van der Waals surface area (Å²) in [6.07, 6.45) is 1.14. The van der Waals surface area contributed by atoms with Crippen LogP contribution >= 0.6 is 0 Å². The summed E-state index contributed by atoms with van der Waals surface area (Å²) < 4.78 is 0. The molecule has 2 nitrogen and oxygen atoms in total. The van der Waals surface area contributed by atoms with Gasteiger partial charge in [0.1, 0.15) is 0 Å². The normalized spacial score (nSPS) is 11.2. The fourth-order valence-electron chi connectivity index (χ4n) is 1.60. The molecule has 18 heavy (non-hydrogen) atoms. The summed E-state index contributed by atoms with van der Waals surface area (Å²) >= 11 is 0. The standard InChI is InChI=1S/C16H24N2/c1-5-16(2,3)18(4)13-15-10-8-14(9-11-15)7-6-12-17/h8-11H,5,12-13,17H2,1-4H3. The van der Waals surface area contributed by atoms with Crippen molar-refractivity contribution in [1.82, 2.24) is 4.90 Å². The van der Waals surface area contributed by atoms with E-state index in [1.807, 2.05) is 0 Å². The van der Waals surface area contributed by atoms with Gasteiger partial charge in [-0.2, -0.15) is 0 Å². The Balaban J connectivity index is 2.69. The maximum Gasteiger partial charge on any atom is 0.0555 e. The van der Waals surface area contributed by atoms with Crippen molar-refractivity contribution in [3.8, 4) is 11.8 Å². The van der Waals surface area contributed by atoms with Gasteiger partial charge >= 0.3 is 0 Å². The Bertz CT molecular complexity index is 421. The molecule has 0 aliphatic carbocycles. The first kappa shape index (κ1) is 14.8. The average Bonchev–Trinajstić information content (AvgIpc) is 2.37. The quantitative estimate of drug-likeness (QED) is 0.825. The molecule has 0 amide bonds. The highest BCUT2D eigenvalue weighted by Crippen LogP contribution is 2.19. The van der Waals surface area contributed by atoms with E-state index in [9.17, 15) is 0 Å². The molecule has 1 aromatic rings. The SMILES string of the molecule is CCC(C)(C)N(C)Cc1ccc(C#CCN)cc1. The molecular formula is C16H24N2.